The summed E-state index contributed by atoms with van der Waals surface area (Å²) in [6.45, 7) is 9.10. The lowest BCUT2D eigenvalue weighted by atomic mass is 10.0. The molecule has 0 radical (unpaired) electrons. The van der Waals surface area contributed by atoms with E-state index in [2.05, 4.69) is 50.1 Å². The number of nitrogens with two attached hydrogens (primary N) is 1. The standard InChI is InChI=1S/C16H27N3O.HI/c1-12(11-18-15(17)19-16(2,3)4)10-13-6-8-14(20-5)9-7-13;/h6-9,12H,10-11H2,1-5H3,(H3,17,18,19);1H. The molecule has 0 aromatic heterocycles. The highest BCUT2D eigenvalue weighted by atomic mass is 127. The molecular weight excluding hydrogens is 377 g/mol. The van der Waals surface area contributed by atoms with Crippen molar-refractivity contribution < 1.29 is 4.74 Å². The number of nitrogens with one attached hydrogen (secondary N) is 1. The van der Waals surface area contributed by atoms with Gasteiger partial charge in [-0.25, -0.2) is 0 Å². The maximum atomic E-state index is 5.86. The first-order valence-corrected chi connectivity index (χ1v) is 7.01. The van der Waals surface area contributed by atoms with Gasteiger partial charge in [0.15, 0.2) is 5.96 Å². The van der Waals surface area contributed by atoms with E-state index >= 15 is 0 Å². The van der Waals surface area contributed by atoms with Crippen LogP contribution in [0.4, 0.5) is 0 Å². The van der Waals surface area contributed by atoms with E-state index in [4.69, 9.17) is 10.5 Å². The molecule has 1 unspecified atom stereocenters. The van der Waals surface area contributed by atoms with E-state index < -0.39 is 0 Å². The highest BCUT2D eigenvalue weighted by Gasteiger charge is 2.10. The fourth-order valence-electron chi connectivity index (χ4n) is 1.91. The van der Waals surface area contributed by atoms with Gasteiger partial charge in [-0.1, -0.05) is 19.1 Å². The van der Waals surface area contributed by atoms with Crippen LogP contribution in [0, 0.1) is 5.92 Å². The van der Waals surface area contributed by atoms with Crippen LogP contribution in [-0.4, -0.2) is 25.2 Å². The molecule has 21 heavy (non-hydrogen) atoms. The quantitative estimate of drug-likeness (QED) is 0.450. The third-order valence-corrected chi connectivity index (χ3v) is 2.82. The molecule has 0 aliphatic rings. The number of hydrogen-bond donors (Lipinski definition) is 2. The van der Waals surface area contributed by atoms with Gasteiger partial charge in [0, 0.05) is 12.1 Å². The Morgan fingerprint density at radius 3 is 2.33 bits per heavy atom. The van der Waals surface area contributed by atoms with Crippen molar-refractivity contribution in [2.45, 2.75) is 39.7 Å². The smallest absolute Gasteiger partial charge is 0.188 e. The topological polar surface area (TPSA) is 59.6 Å². The predicted molar refractivity (Wildman–Crippen MR) is 101 cm³/mol. The minimum absolute atomic E-state index is 0. The Bertz CT molecular complexity index is 438. The fraction of sp³-hybridized carbons (Fsp3) is 0.562. The lowest BCUT2D eigenvalue weighted by Crippen LogP contribution is -2.45. The molecule has 0 fully saturated rings. The number of ether oxygens (including phenoxy) is 1. The van der Waals surface area contributed by atoms with Gasteiger partial charge in [-0.3, -0.25) is 4.99 Å². The van der Waals surface area contributed by atoms with Gasteiger partial charge in [0.2, 0.25) is 0 Å². The van der Waals surface area contributed by atoms with Crippen molar-refractivity contribution >= 4 is 29.9 Å². The highest BCUT2D eigenvalue weighted by Crippen LogP contribution is 2.14. The number of benzene rings is 1. The molecule has 0 bridgehead atoms. The maximum absolute atomic E-state index is 5.86. The van der Waals surface area contributed by atoms with Crippen LogP contribution in [0.2, 0.25) is 0 Å². The van der Waals surface area contributed by atoms with Gasteiger partial charge in [-0.15, -0.1) is 24.0 Å². The highest BCUT2D eigenvalue weighted by molar-refractivity contribution is 14.0. The molecule has 0 saturated heterocycles. The molecule has 1 rings (SSSR count). The fourth-order valence-corrected chi connectivity index (χ4v) is 1.91. The summed E-state index contributed by atoms with van der Waals surface area (Å²) >= 11 is 0. The van der Waals surface area contributed by atoms with Crippen LogP contribution < -0.4 is 15.8 Å². The van der Waals surface area contributed by atoms with E-state index in [1.54, 1.807) is 7.11 Å². The predicted octanol–water partition coefficient (Wildman–Crippen LogP) is 3.19. The number of hydrogen-bond acceptors (Lipinski definition) is 2. The second kappa shape index (κ2) is 9.12. The van der Waals surface area contributed by atoms with E-state index in [9.17, 15) is 0 Å². The van der Waals surface area contributed by atoms with Gasteiger partial charge in [0.05, 0.1) is 7.11 Å². The summed E-state index contributed by atoms with van der Waals surface area (Å²) in [4.78, 5) is 4.40. The minimum atomic E-state index is -0.0488. The molecular formula is C16H28IN3O. The summed E-state index contributed by atoms with van der Waals surface area (Å²) in [6.07, 6.45) is 0.982. The van der Waals surface area contributed by atoms with E-state index in [1.807, 2.05) is 12.1 Å². The van der Waals surface area contributed by atoms with Gasteiger partial charge >= 0.3 is 0 Å². The zero-order chi connectivity index (χ0) is 15.2. The average molecular weight is 405 g/mol. The lowest BCUT2D eigenvalue weighted by molar-refractivity contribution is 0.414. The summed E-state index contributed by atoms with van der Waals surface area (Å²) in [5, 5.41) is 3.16. The number of methoxy groups -OCH3 is 1. The lowest BCUT2D eigenvalue weighted by Gasteiger charge is -2.21. The Labute approximate surface area is 145 Å². The first-order chi connectivity index (χ1) is 9.30. The Kier molecular flexibility index (Phi) is 8.70. The Hall–Kier alpha value is -0.980. The zero-order valence-corrected chi connectivity index (χ0v) is 16.0. The number of guanidine groups is 1. The Morgan fingerprint density at radius 1 is 1.29 bits per heavy atom. The van der Waals surface area contributed by atoms with E-state index in [1.165, 1.54) is 5.56 Å². The Balaban J connectivity index is 0.00000400. The van der Waals surface area contributed by atoms with Gasteiger partial charge in [-0.05, 0) is 50.8 Å². The zero-order valence-electron chi connectivity index (χ0n) is 13.6. The second-order valence-corrected chi connectivity index (χ2v) is 6.26. The molecule has 1 aromatic rings. The molecule has 0 aliphatic carbocycles. The third-order valence-electron chi connectivity index (χ3n) is 2.82. The molecule has 120 valence electrons. The van der Waals surface area contributed by atoms with Crippen molar-refractivity contribution in [3.63, 3.8) is 0 Å². The molecule has 1 aromatic carbocycles. The summed E-state index contributed by atoms with van der Waals surface area (Å²) < 4.78 is 5.15. The molecule has 0 spiro atoms. The van der Waals surface area contributed by atoms with Gasteiger partial charge in [0.1, 0.15) is 5.75 Å². The van der Waals surface area contributed by atoms with E-state index in [-0.39, 0.29) is 29.5 Å². The maximum Gasteiger partial charge on any atom is 0.188 e. The normalized spacial score (nSPS) is 13.3. The number of nitrogens with zero attached hydrogens (tertiary/aromatic N) is 1. The van der Waals surface area contributed by atoms with Crippen molar-refractivity contribution in [3.05, 3.63) is 29.8 Å². The van der Waals surface area contributed by atoms with Crippen LogP contribution in [0.15, 0.2) is 29.3 Å². The van der Waals surface area contributed by atoms with Crippen molar-refractivity contribution in [3.8, 4) is 5.75 Å². The van der Waals surface area contributed by atoms with Crippen molar-refractivity contribution in [2.24, 2.45) is 16.6 Å². The van der Waals surface area contributed by atoms with Crippen molar-refractivity contribution in [1.29, 1.82) is 0 Å². The van der Waals surface area contributed by atoms with Crippen LogP contribution in [-0.2, 0) is 6.42 Å². The van der Waals surface area contributed by atoms with E-state index in [0.717, 1.165) is 18.7 Å². The third kappa shape index (κ3) is 8.80. The van der Waals surface area contributed by atoms with Crippen LogP contribution in [0.3, 0.4) is 0 Å². The number of aliphatic imine (C=N–C) groups is 1. The van der Waals surface area contributed by atoms with Crippen LogP contribution in [0.5, 0.6) is 5.75 Å². The SMILES string of the molecule is COc1ccc(CC(C)CN=C(N)NC(C)(C)C)cc1.I. The minimum Gasteiger partial charge on any atom is -0.497 e. The molecule has 3 N–H and O–H groups in total. The summed E-state index contributed by atoms with van der Waals surface area (Å²) in [5.41, 5.74) is 7.10. The molecule has 4 nitrogen and oxygen atoms in total. The summed E-state index contributed by atoms with van der Waals surface area (Å²) in [7, 11) is 1.68. The van der Waals surface area contributed by atoms with Crippen LogP contribution in [0.1, 0.15) is 33.3 Å². The first-order valence-electron chi connectivity index (χ1n) is 7.01. The molecule has 0 aliphatic heterocycles. The van der Waals surface area contributed by atoms with Gasteiger partial charge in [-0.2, -0.15) is 0 Å². The molecule has 0 heterocycles. The second-order valence-electron chi connectivity index (χ2n) is 6.26. The van der Waals surface area contributed by atoms with Crippen LogP contribution >= 0.6 is 24.0 Å². The Morgan fingerprint density at radius 2 is 1.86 bits per heavy atom. The molecule has 0 amide bonds. The molecule has 5 heteroatoms. The monoisotopic (exact) mass is 405 g/mol. The number of rotatable bonds is 5. The van der Waals surface area contributed by atoms with Crippen molar-refractivity contribution in [1.82, 2.24) is 5.32 Å². The molecule has 1 atom stereocenters. The summed E-state index contributed by atoms with van der Waals surface area (Å²) in [6, 6.07) is 8.16. The van der Waals surface area contributed by atoms with Crippen molar-refractivity contribution in [2.75, 3.05) is 13.7 Å². The molecule has 0 saturated carbocycles. The number of halogens is 1. The van der Waals surface area contributed by atoms with E-state index in [0.29, 0.717) is 11.9 Å². The summed E-state index contributed by atoms with van der Waals surface area (Å²) in [5.74, 6) is 1.85. The largest absolute Gasteiger partial charge is 0.497 e. The van der Waals surface area contributed by atoms with Crippen LogP contribution in [0.25, 0.3) is 0 Å². The van der Waals surface area contributed by atoms with Gasteiger partial charge in [0.25, 0.3) is 0 Å². The average Bonchev–Trinajstić information content (AvgIpc) is 2.35. The van der Waals surface area contributed by atoms with Gasteiger partial charge < -0.3 is 15.8 Å². The first kappa shape index (κ1) is 20.0.